The topological polar surface area (TPSA) is 20.3 Å². The first-order valence-corrected chi connectivity index (χ1v) is 8.59. The van der Waals surface area contributed by atoms with E-state index in [1.54, 1.807) is 0 Å². The Balaban J connectivity index is 2.24. The van der Waals surface area contributed by atoms with E-state index in [9.17, 15) is 4.79 Å². The molecule has 1 aliphatic rings. The molecular weight excluding hydrogens is 373 g/mol. The fourth-order valence-corrected chi connectivity index (χ4v) is 4.25. The van der Waals surface area contributed by atoms with Crippen LogP contribution in [0.1, 0.15) is 34.5 Å². The average molecular weight is 391 g/mol. The molecule has 0 aromatic heterocycles. The van der Waals surface area contributed by atoms with Gasteiger partial charge >= 0.3 is 0 Å². The molecule has 1 heterocycles. The minimum absolute atomic E-state index is 0.0676. The first-order valence-electron chi connectivity index (χ1n) is 7.07. The molecule has 2 aromatic carbocycles. The van der Waals surface area contributed by atoms with E-state index in [0.29, 0.717) is 0 Å². The summed E-state index contributed by atoms with van der Waals surface area (Å²) in [7, 11) is 1.92. The quantitative estimate of drug-likeness (QED) is 0.555. The van der Waals surface area contributed by atoms with Crippen molar-refractivity contribution in [3.05, 3.63) is 71.3 Å². The predicted molar refractivity (Wildman–Crippen MR) is 94.0 cm³/mol. The van der Waals surface area contributed by atoms with E-state index >= 15 is 0 Å². The number of hydrogen-bond donors (Lipinski definition) is 0. The number of benzene rings is 2. The molecule has 2 nitrogen and oxygen atoms in total. The standard InChI is InChI=1S/C18H18INO/c1-18(12-19)15-11-7-6-10-14(15)17(21)20(2)16(18)13-8-4-3-5-9-13/h3-11,16H,12H2,1-2H3/t16-,18+/m1/s1. The Morgan fingerprint density at radius 1 is 1.10 bits per heavy atom. The highest BCUT2D eigenvalue weighted by molar-refractivity contribution is 14.1. The molecule has 2 atom stereocenters. The molecule has 1 aliphatic heterocycles. The molecule has 2 aromatic rings. The van der Waals surface area contributed by atoms with Crippen LogP contribution in [-0.2, 0) is 5.41 Å². The summed E-state index contributed by atoms with van der Waals surface area (Å²) in [6.07, 6.45) is 0. The lowest BCUT2D eigenvalue weighted by Gasteiger charge is -2.47. The van der Waals surface area contributed by atoms with E-state index in [-0.39, 0.29) is 17.4 Å². The summed E-state index contributed by atoms with van der Waals surface area (Å²) in [4.78, 5) is 14.6. The highest BCUT2D eigenvalue weighted by Crippen LogP contribution is 2.47. The summed E-state index contributed by atoms with van der Waals surface area (Å²) >= 11 is 2.44. The number of nitrogens with zero attached hydrogens (tertiary/aromatic N) is 1. The van der Waals surface area contributed by atoms with Gasteiger partial charge in [0.15, 0.2) is 0 Å². The maximum absolute atomic E-state index is 12.7. The Morgan fingerprint density at radius 3 is 2.38 bits per heavy atom. The van der Waals surface area contributed by atoms with Crippen LogP contribution >= 0.6 is 22.6 Å². The number of likely N-dealkylation sites (N-methyl/N-ethyl adjacent to an activating group) is 1. The summed E-state index contributed by atoms with van der Waals surface area (Å²) in [6.45, 7) is 2.26. The van der Waals surface area contributed by atoms with Gasteiger partial charge in [0.1, 0.15) is 0 Å². The van der Waals surface area contributed by atoms with Crippen molar-refractivity contribution in [3.8, 4) is 0 Å². The van der Waals surface area contributed by atoms with Gasteiger partial charge in [-0.05, 0) is 17.2 Å². The van der Waals surface area contributed by atoms with Gasteiger partial charge in [-0.3, -0.25) is 4.79 Å². The Labute approximate surface area is 139 Å². The molecule has 0 saturated heterocycles. The van der Waals surface area contributed by atoms with Crippen LogP contribution in [0.4, 0.5) is 0 Å². The highest BCUT2D eigenvalue weighted by Gasteiger charge is 2.46. The zero-order valence-corrected chi connectivity index (χ0v) is 14.4. The first kappa shape index (κ1) is 14.6. The second kappa shape index (κ2) is 5.44. The second-order valence-electron chi connectivity index (χ2n) is 5.83. The van der Waals surface area contributed by atoms with Crippen molar-refractivity contribution in [2.75, 3.05) is 11.5 Å². The van der Waals surface area contributed by atoms with Crippen molar-refractivity contribution >= 4 is 28.5 Å². The Kier molecular flexibility index (Phi) is 3.78. The van der Waals surface area contributed by atoms with Crippen LogP contribution in [0, 0.1) is 0 Å². The Morgan fingerprint density at radius 2 is 1.71 bits per heavy atom. The third-order valence-electron chi connectivity index (χ3n) is 4.48. The SMILES string of the molecule is CN1C(=O)c2ccccc2[C@](C)(CI)[C@H]1c1ccccc1. The van der Waals surface area contributed by atoms with Crippen LogP contribution in [0.25, 0.3) is 0 Å². The molecule has 0 radical (unpaired) electrons. The molecule has 0 fully saturated rings. The normalized spacial score (nSPS) is 24.8. The zero-order chi connectivity index (χ0) is 15.0. The molecule has 3 rings (SSSR count). The number of halogens is 1. The molecule has 21 heavy (non-hydrogen) atoms. The lowest BCUT2D eigenvalue weighted by Crippen LogP contribution is -2.49. The minimum Gasteiger partial charge on any atom is -0.334 e. The van der Waals surface area contributed by atoms with Gasteiger partial charge in [0.2, 0.25) is 0 Å². The highest BCUT2D eigenvalue weighted by atomic mass is 127. The van der Waals surface area contributed by atoms with Gasteiger partial charge in [0.25, 0.3) is 5.91 Å². The van der Waals surface area contributed by atoms with E-state index in [1.165, 1.54) is 5.56 Å². The number of carbonyl (C=O) groups is 1. The van der Waals surface area contributed by atoms with Crippen LogP contribution in [0.2, 0.25) is 0 Å². The van der Waals surface area contributed by atoms with Crippen LogP contribution < -0.4 is 0 Å². The number of carbonyl (C=O) groups excluding carboxylic acids is 1. The predicted octanol–water partition coefficient (Wildman–Crippen LogP) is 4.21. The summed E-state index contributed by atoms with van der Waals surface area (Å²) in [5, 5.41) is 0. The largest absolute Gasteiger partial charge is 0.334 e. The average Bonchev–Trinajstić information content (AvgIpc) is 2.54. The third-order valence-corrected chi connectivity index (χ3v) is 6.06. The third kappa shape index (κ3) is 2.18. The lowest BCUT2D eigenvalue weighted by molar-refractivity contribution is 0.0615. The van der Waals surface area contributed by atoms with Crippen molar-refractivity contribution < 1.29 is 4.79 Å². The molecule has 0 aliphatic carbocycles. The van der Waals surface area contributed by atoms with Crippen molar-refractivity contribution in [1.29, 1.82) is 0 Å². The van der Waals surface area contributed by atoms with Crippen LogP contribution in [0.3, 0.4) is 0 Å². The van der Waals surface area contributed by atoms with Gasteiger partial charge in [-0.25, -0.2) is 0 Å². The van der Waals surface area contributed by atoms with Crippen molar-refractivity contribution in [2.24, 2.45) is 0 Å². The number of amides is 1. The molecule has 1 amide bonds. The summed E-state index contributed by atoms with van der Waals surface area (Å²) < 4.78 is 0.957. The van der Waals surface area contributed by atoms with E-state index in [2.05, 4.69) is 47.7 Å². The Hall–Kier alpha value is -1.36. The number of alkyl halides is 1. The van der Waals surface area contributed by atoms with Crippen molar-refractivity contribution in [3.63, 3.8) is 0 Å². The number of rotatable bonds is 2. The number of fused-ring (bicyclic) bond motifs is 1. The van der Waals surface area contributed by atoms with Crippen molar-refractivity contribution in [2.45, 2.75) is 18.4 Å². The van der Waals surface area contributed by atoms with E-state index in [1.807, 2.05) is 48.3 Å². The molecule has 0 N–H and O–H groups in total. The monoisotopic (exact) mass is 391 g/mol. The number of hydrogen-bond acceptors (Lipinski definition) is 1. The van der Waals surface area contributed by atoms with E-state index in [0.717, 1.165) is 15.6 Å². The molecule has 108 valence electrons. The molecule has 0 bridgehead atoms. The summed E-state index contributed by atoms with van der Waals surface area (Å²) in [6, 6.07) is 18.4. The zero-order valence-electron chi connectivity index (χ0n) is 12.2. The van der Waals surface area contributed by atoms with Gasteiger partial charge in [0.05, 0.1) is 6.04 Å². The first-order chi connectivity index (χ1) is 10.1. The van der Waals surface area contributed by atoms with Crippen LogP contribution in [-0.4, -0.2) is 22.3 Å². The molecule has 3 heteroatoms. The maximum atomic E-state index is 12.7. The smallest absolute Gasteiger partial charge is 0.254 e. The van der Waals surface area contributed by atoms with Crippen LogP contribution in [0.15, 0.2) is 54.6 Å². The van der Waals surface area contributed by atoms with Crippen LogP contribution in [0.5, 0.6) is 0 Å². The van der Waals surface area contributed by atoms with Gasteiger partial charge in [0, 0.05) is 22.5 Å². The summed E-state index contributed by atoms with van der Waals surface area (Å²) in [5.74, 6) is 0.113. The van der Waals surface area contributed by atoms with Gasteiger partial charge in [-0.15, -0.1) is 0 Å². The minimum atomic E-state index is -0.0822. The van der Waals surface area contributed by atoms with Gasteiger partial charge in [-0.1, -0.05) is 78.0 Å². The summed E-state index contributed by atoms with van der Waals surface area (Å²) in [5.41, 5.74) is 3.12. The molecule has 0 unspecified atom stereocenters. The Bertz CT molecular complexity index is 670. The lowest BCUT2D eigenvalue weighted by atomic mass is 9.70. The maximum Gasteiger partial charge on any atom is 0.254 e. The molecule has 0 saturated carbocycles. The van der Waals surface area contributed by atoms with E-state index < -0.39 is 0 Å². The van der Waals surface area contributed by atoms with Crippen molar-refractivity contribution in [1.82, 2.24) is 4.90 Å². The second-order valence-corrected chi connectivity index (χ2v) is 6.59. The van der Waals surface area contributed by atoms with Gasteiger partial charge in [-0.2, -0.15) is 0 Å². The molecule has 0 spiro atoms. The van der Waals surface area contributed by atoms with Gasteiger partial charge < -0.3 is 4.90 Å². The fraction of sp³-hybridized carbons (Fsp3) is 0.278. The fourth-order valence-electron chi connectivity index (χ4n) is 3.42. The van der Waals surface area contributed by atoms with E-state index in [4.69, 9.17) is 0 Å². The molecular formula is C18H18INO.